The van der Waals surface area contributed by atoms with Crippen LogP contribution in [-0.2, 0) is 14.3 Å². The quantitative estimate of drug-likeness (QED) is 0.408. The first-order chi connectivity index (χ1) is 8.13. The number of unbranched alkanes of at least 4 members (excludes halogenated alkanes) is 2. The number of ether oxygens (including phenoxy) is 1. The maximum atomic E-state index is 12.5. The molecule has 0 rings (SSSR count). The van der Waals surface area contributed by atoms with Gasteiger partial charge in [-0.15, -0.1) is 0 Å². The van der Waals surface area contributed by atoms with Crippen LogP contribution in [0.1, 0.15) is 32.1 Å². The largest absolute Gasteiger partial charge is 0.469 e. The molecule has 0 aliphatic rings. The Morgan fingerprint density at radius 3 is 1.89 bits per heavy atom. The fourth-order valence-electron chi connectivity index (χ4n) is 1.15. The Morgan fingerprint density at radius 2 is 1.44 bits per heavy atom. The fraction of sp³-hybridized carbons (Fsp3) is 0.800. The van der Waals surface area contributed by atoms with Gasteiger partial charge in [0.2, 0.25) is 5.78 Å². The van der Waals surface area contributed by atoms with E-state index < -0.39 is 30.3 Å². The minimum atomic E-state index is -5.85. The van der Waals surface area contributed by atoms with Crippen molar-refractivity contribution in [1.82, 2.24) is 0 Å². The zero-order valence-corrected chi connectivity index (χ0v) is 9.65. The molecule has 0 fully saturated rings. The lowest BCUT2D eigenvalue weighted by Crippen LogP contribution is -2.43. The number of ketones is 1. The molecule has 0 spiro atoms. The van der Waals surface area contributed by atoms with E-state index in [0.717, 1.165) is 0 Å². The van der Waals surface area contributed by atoms with Gasteiger partial charge >= 0.3 is 18.1 Å². The van der Waals surface area contributed by atoms with Crippen LogP contribution >= 0.6 is 0 Å². The van der Waals surface area contributed by atoms with Crippen molar-refractivity contribution in [2.24, 2.45) is 0 Å². The Hall–Kier alpha value is -1.21. The standard InChI is InChI=1S/C10H13F5O3/c1-18-8(17)6-4-2-3-5-7(16)9(11,12)10(13,14)15/h2-6H2,1H3. The van der Waals surface area contributed by atoms with Crippen LogP contribution in [0.25, 0.3) is 0 Å². The molecule has 0 aromatic heterocycles. The average molecular weight is 276 g/mol. The SMILES string of the molecule is COC(=O)CCCCCC(=O)C(F)(F)C(F)(F)F. The van der Waals surface area contributed by atoms with E-state index in [4.69, 9.17) is 0 Å². The molecule has 0 aromatic rings. The van der Waals surface area contributed by atoms with Crippen LogP contribution < -0.4 is 0 Å². The molecule has 0 aromatic carbocycles. The van der Waals surface area contributed by atoms with Crippen molar-refractivity contribution in [3.8, 4) is 0 Å². The highest BCUT2D eigenvalue weighted by molar-refractivity contribution is 5.86. The van der Waals surface area contributed by atoms with E-state index in [1.807, 2.05) is 0 Å². The van der Waals surface area contributed by atoms with Crippen LogP contribution in [0, 0.1) is 0 Å². The van der Waals surface area contributed by atoms with Gasteiger partial charge in [-0.05, 0) is 12.8 Å². The van der Waals surface area contributed by atoms with Gasteiger partial charge in [-0.1, -0.05) is 6.42 Å². The molecular formula is C10H13F5O3. The molecule has 0 saturated heterocycles. The van der Waals surface area contributed by atoms with Gasteiger partial charge in [-0.3, -0.25) is 9.59 Å². The van der Waals surface area contributed by atoms with Crippen LogP contribution in [0.3, 0.4) is 0 Å². The van der Waals surface area contributed by atoms with E-state index in [9.17, 15) is 31.5 Å². The molecule has 0 aliphatic heterocycles. The lowest BCUT2D eigenvalue weighted by Gasteiger charge is -2.17. The predicted octanol–water partition coefficient (Wildman–Crippen LogP) is 2.88. The van der Waals surface area contributed by atoms with Crippen LogP contribution in [0.5, 0.6) is 0 Å². The maximum absolute atomic E-state index is 12.5. The number of methoxy groups -OCH3 is 1. The van der Waals surface area contributed by atoms with E-state index in [1.54, 1.807) is 0 Å². The molecule has 0 N–H and O–H groups in total. The molecular weight excluding hydrogens is 263 g/mol. The van der Waals surface area contributed by atoms with Gasteiger partial charge in [0, 0.05) is 12.8 Å². The predicted molar refractivity (Wildman–Crippen MR) is 51.1 cm³/mol. The Labute approximate surface area is 100 Å². The van der Waals surface area contributed by atoms with Crippen LogP contribution in [0.15, 0.2) is 0 Å². The summed E-state index contributed by atoms with van der Waals surface area (Å²) in [6.07, 6.45) is -6.32. The van der Waals surface area contributed by atoms with Gasteiger partial charge in [0.25, 0.3) is 0 Å². The summed E-state index contributed by atoms with van der Waals surface area (Å²) in [5, 5.41) is 0. The van der Waals surface area contributed by atoms with Gasteiger partial charge in [-0.25, -0.2) is 0 Å². The second kappa shape index (κ2) is 6.65. The molecule has 8 heteroatoms. The van der Waals surface area contributed by atoms with Gasteiger partial charge in [0.15, 0.2) is 0 Å². The normalized spacial score (nSPS) is 12.3. The van der Waals surface area contributed by atoms with Crippen molar-refractivity contribution in [3.05, 3.63) is 0 Å². The van der Waals surface area contributed by atoms with Crippen molar-refractivity contribution in [1.29, 1.82) is 0 Å². The van der Waals surface area contributed by atoms with E-state index in [0.29, 0.717) is 0 Å². The van der Waals surface area contributed by atoms with Crippen molar-refractivity contribution >= 4 is 11.8 Å². The minimum absolute atomic E-state index is 0.0420. The smallest absolute Gasteiger partial charge is 0.461 e. The summed E-state index contributed by atoms with van der Waals surface area (Å²) in [7, 11) is 1.18. The van der Waals surface area contributed by atoms with E-state index in [-0.39, 0.29) is 25.7 Å². The highest BCUT2D eigenvalue weighted by Gasteiger charge is 2.62. The van der Waals surface area contributed by atoms with Gasteiger partial charge in [0.05, 0.1) is 7.11 Å². The number of alkyl halides is 5. The second-order valence-electron chi connectivity index (χ2n) is 3.63. The Balaban J connectivity index is 3.95. The third-order valence-corrected chi connectivity index (χ3v) is 2.22. The van der Waals surface area contributed by atoms with Crippen molar-refractivity contribution in [3.63, 3.8) is 0 Å². The molecule has 0 atom stereocenters. The molecule has 106 valence electrons. The minimum Gasteiger partial charge on any atom is -0.469 e. The number of halogens is 5. The summed E-state index contributed by atoms with van der Waals surface area (Å²) >= 11 is 0. The lowest BCUT2D eigenvalue weighted by atomic mass is 10.1. The van der Waals surface area contributed by atoms with Crippen LogP contribution in [-0.4, -0.2) is 31.0 Å². The Morgan fingerprint density at radius 1 is 0.944 bits per heavy atom. The van der Waals surface area contributed by atoms with Gasteiger partial charge in [-0.2, -0.15) is 22.0 Å². The number of hydrogen-bond acceptors (Lipinski definition) is 3. The molecule has 0 amide bonds. The second-order valence-corrected chi connectivity index (χ2v) is 3.63. The van der Waals surface area contributed by atoms with Crippen LogP contribution in [0.4, 0.5) is 22.0 Å². The highest BCUT2D eigenvalue weighted by atomic mass is 19.4. The summed E-state index contributed by atoms with van der Waals surface area (Å²) < 4.78 is 64.6. The third-order valence-electron chi connectivity index (χ3n) is 2.22. The van der Waals surface area contributed by atoms with Crippen LogP contribution in [0.2, 0.25) is 0 Å². The van der Waals surface area contributed by atoms with Gasteiger partial charge < -0.3 is 4.74 Å². The highest BCUT2D eigenvalue weighted by Crippen LogP contribution is 2.37. The molecule has 0 unspecified atom stereocenters. The number of carbonyl (C=O) groups excluding carboxylic acids is 2. The first-order valence-electron chi connectivity index (χ1n) is 5.17. The topological polar surface area (TPSA) is 43.4 Å². The molecule has 3 nitrogen and oxygen atoms in total. The maximum Gasteiger partial charge on any atom is 0.461 e. The monoisotopic (exact) mass is 276 g/mol. The van der Waals surface area contributed by atoms with Crippen molar-refractivity contribution < 1.29 is 36.3 Å². The zero-order valence-electron chi connectivity index (χ0n) is 9.65. The molecule has 0 heterocycles. The summed E-state index contributed by atoms with van der Waals surface area (Å²) in [4.78, 5) is 21.3. The number of esters is 1. The first-order valence-corrected chi connectivity index (χ1v) is 5.17. The molecule has 0 radical (unpaired) electrons. The Bertz CT molecular complexity index is 298. The van der Waals surface area contributed by atoms with E-state index in [2.05, 4.69) is 4.74 Å². The zero-order chi connectivity index (χ0) is 14.4. The molecule has 0 saturated carbocycles. The molecule has 18 heavy (non-hydrogen) atoms. The number of Topliss-reactive ketones (excluding diaryl/α,β-unsaturated/α-hetero) is 1. The molecule has 0 bridgehead atoms. The van der Waals surface area contributed by atoms with Crippen molar-refractivity contribution in [2.75, 3.05) is 7.11 Å². The average Bonchev–Trinajstić information content (AvgIpc) is 2.26. The third kappa shape index (κ3) is 4.97. The summed E-state index contributed by atoms with van der Waals surface area (Å²) in [6, 6.07) is 0. The van der Waals surface area contributed by atoms with Crippen molar-refractivity contribution in [2.45, 2.75) is 44.2 Å². The van der Waals surface area contributed by atoms with Gasteiger partial charge in [0.1, 0.15) is 0 Å². The first kappa shape index (κ1) is 16.8. The summed E-state index contributed by atoms with van der Waals surface area (Å²) in [5.41, 5.74) is 0. The fourth-order valence-corrected chi connectivity index (χ4v) is 1.15. The number of rotatable bonds is 7. The lowest BCUT2D eigenvalue weighted by molar-refractivity contribution is -0.268. The summed E-state index contributed by atoms with van der Waals surface area (Å²) in [6.45, 7) is 0. The van der Waals surface area contributed by atoms with E-state index in [1.165, 1.54) is 7.11 Å². The molecule has 0 aliphatic carbocycles. The number of carbonyl (C=O) groups is 2. The summed E-state index contributed by atoms with van der Waals surface area (Å²) in [5.74, 6) is -7.94. The van der Waals surface area contributed by atoms with E-state index >= 15 is 0 Å². The number of hydrogen-bond donors (Lipinski definition) is 0. The Kier molecular flexibility index (Phi) is 6.20.